The van der Waals surface area contributed by atoms with Crippen molar-refractivity contribution < 1.29 is 29.0 Å². The molecule has 0 spiro atoms. The van der Waals surface area contributed by atoms with Crippen molar-refractivity contribution in [1.82, 2.24) is 0 Å². The molecule has 0 saturated carbocycles. The first-order valence-electron chi connectivity index (χ1n) is 6.73. The molecule has 0 aliphatic rings. The molecule has 0 aromatic heterocycles. The molecule has 0 amide bonds. The summed E-state index contributed by atoms with van der Waals surface area (Å²) in [5.41, 5.74) is 0.682. The highest BCUT2D eigenvalue weighted by Crippen LogP contribution is 2.28. The van der Waals surface area contributed by atoms with Crippen LogP contribution in [0.5, 0.6) is 11.5 Å². The predicted octanol–water partition coefficient (Wildman–Crippen LogP) is 2.70. The average Bonchev–Trinajstić information content (AvgIpc) is 2.52. The van der Waals surface area contributed by atoms with Gasteiger partial charge in [0.05, 0.1) is 11.1 Å². The second-order valence-electron chi connectivity index (χ2n) is 4.63. The van der Waals surface area contributed by atoms with Gasteiger partial charge in [0.2, 0.25) is 0 Å². The van der Waals surface area contributed by atoms with Gasteiger partial charge >= 0.3 is 11.9 Å². The quantitative estimate of drug-likeness (QED) is 0.501. The third kappa shape index (κ3) is 3.94. The molecule has 0 aliphatic carbocycles. The van der Waals surface area contributed by atoms with E-state index in [9.17, 15) is 14.4 Å². The lowest BCUT2D eigenvalue weighted by molar-refractivity contribution is -0.131. The van der Waals surface area contributed by atoms with Gasteiger partial charge in [0.15, 0.2) is 6.29 Å². The van der Waals surface area contributed by atoms with E-state index >= 15 is 0 Å². The number of hydrogen-bond donors (Lipinski definition) is 1. The fourth-order valence-corrected chi connectivity index (χ4v) is 2.02. The van der Waals surface area contributed by atoms with Crippen LogP contribution >= 0.6 is 0 Å². The lowest BCUT2D eigenvalue weighted by atomic mass is 10.1. The van der Waals surface area contributed by atoms with Crippen molar-refractivity contribution in [1.29, 1.82) is 0 Å². The Morgan fingerprint density at radius 2 is 1.78 bits per heavy atom. The van der Waals surface area contributed by atoms with E-state index in [1.807, 2.05) is 0 Å². The Morgan fingerprint density at radius 1 is 1.09 bits per heavy atom. The van der Waals surface area contributed by atoms with E-state index in [2.05, 4.69) is 0 Å². The van der Waals surface area contributed by atoms with Gasteiger partial charge < -0.3 is 14.6 Å². The molecule has 0 fully saturated rings. The molecular weight excluding hydrogens is 300 g/mol. The molecule has 2 aromatic carbocycles. The molecule has 0 heterocycles. The van der Waals surface area contributed by atoms with Crippen LogP contribution < -0.4 is 9.47 Å². The highest BCUT2D eigenvalue weighted by atomic mass is 16.5. The van der Waals surface area contributed by atoms with E-state index in [-0.39, 0.29) is 29.2 Å². The highest BCUT2D eigenvalue weighted by Gasteiger charge is 2.14. The van der Waals surface area contributed by atoms with Crippen molar-refractivity contribution in [2.24, 2.45) is 0 Å². The molecule has 2 rings (SSSR count). The number of carboxylic acids is 1. The average molecular weight is 314 g/mol. The molecule has 0 aliphatic heterocycles. The standard InChI is InChI=1S/C17H14O6/c1-11(19)23-16-8-4-7-15(14(16)9-18)22-10-12-5-2-3-6-13(12)17(20)21/h2-9H,10H2,1H3,(H,20,21). The van der Waals surface area contributed by atoms with Gasteiger partial charge in [-0.3, -0.25) is 9.59 Å². The van der Waals surface area contributed by atoms with Crippen molar-refractivity contribution in [2.75, 3.05) is 0 Å². The molecular formula is C17H14O6. The maximum absolute atomic E-state index is 11.3. The van der Waals surface area contributed by atoms with E-state index in [1.54, 1.807) is 30.3 Å². The number of aldehydes is 1. The minimum atomic E-state index is -1.06. The number of benzene rings is 2. The second-order valence-corrected chi connectivity index (χ2v) is 4.63. The van der Waals surface area contributed by atoms with Crippen LogP contribution in [0.1, 0.15) is 33.2 Å². The van der Waals surface area contributed by atoms with Gasteiger partial charge in [-0.15, -0.1) is 0 Å². The molecule has 0 radical (unpaired) electrons. The largest absolute Gasteiger partial charge is 0.488 e. The van der Waals surface area contributed by atoms with Crippen molar-refractivity contribution in [3.8, 4) is 11.5 Å². The normalized spacial score (nSPS) is 9.96. The maximum atomic E-state index is 11.3. The number of carboxylic acid groups (broad SMARTS) is 1. The van der Waals surface area contributed by atoms with Crippen LogP contribution in [0.15, 0.2) is 42.5 Å². The van der Waals surface area contributed by atoms with Gasteiger partial charge in [-0.25, -0.2) is 4.79 Å². The van der Waals surface area contributed by atoms with Gasteiger partial charge in [-0.1, -0.05) is 24.3 Å². The highest BCUT2D eigenvalue weighted by molar-refractivity contribution is 5.89. The Hall–Kier alpha value is -3.15. The number of hydrogen-bond acceptors (Lipinski definition) is 5. The first-order chi connectivity index (χ1) is 11.0. The molecule has 0 unspecified atom stereocenters. The topological polar surface area (TPSA) is 89.9 Å². The summed E-state index contributed by atoms with van der Waals surface area (Å²) in [6, 6.07) is 11.0. The molecule has 1 N–H and O–H groups in total. The number of aromatic carboxylic acids is 1. The Balaban J connectivity index is 2.26. The molecule has 0 bridgehead atoms. The summed E-state index contributed by atoms with van der Waals surface area (Å²) in [5, 5.41) is 9.14. The summed E-state index contributed by atoms with van der Waals surface area (Å²) >= 11 is 0. The lowest BCUT2D eigenvalue weighted by Crippen LogP contribution is -2.08. The van der Waals surface area contributed by atoms with Crippen LogP contribution in [0.3, 0.4) is 0 Å². The smallest absolute Gasteiger partial charge is 0.336 e. The summed E-state index contributed by atoms with van der Waals surface area (Å²) in [6.07, 6.45) is 0.525. The monoisotopic (exact) mass is 314 g/mol. The van der Waals surface area contributed by atoms with E-state index in [0.29, 0.717) is 11.8 Å². The first kappa shape index (κ1) is 16.2. The molecule has 6 heteroatoms. The van der Waals surface area contributed by atoms with E-state index in [0.717, 1.165) is 0 Å². The summed E-state index contributed by atoms with van der Waals surface area (Å²) in [5.74, 6) is -1.31. The predicted molar refractivity (Wildman–Crippen MR) is 80.9 cm³/mol. The van der Waals surface area contributed by atoms with Gasteiger partial charge in [0.1, 0.15) is 18.1 Å². The zero-order valence-electron chi connectivity index (χ0n) is 12.3. The number of ether oxygens (including phenoxy) is 2. The van der Waals surface area contributed by atoms with Gasteiger partial charge in [0.25, 0.3) is 0 Å². The Kier molecular flexibility index (Phi) is 5.09. The van der Waals surface area contributed by atoms with Gasteiger partial charge in [0, 0.05) is 12.5 Å². The minimum absolute atomic E-state index is 0.0349. The fourth-order valence-electron chi connectivity index (χ4n) is 2.02. The SMILES string of the molecule is CC(=O)Oc1cccc(OCc2ccccc2C(=O)O)c1C=O. The van der Waals surface area contributed by atoms with Crippen LogP contribution in [0.4, 0.5) is 0 Å². The summed E-state index contributed by atoms with van der Waals surface area (Å²) in [7, 11) is 0. The fraction of sp³-hybridized carbons (Fsp3) is 0.118. The van der Waals surface area contributed by atoms with Crippen LogP contribution in [-0.4, -0.2) is 23.3 Å². The summed E-state index contributed by atoms with van der Waals surface area (Å²) in [6.45, 7) is 1.19. The van der Waals surface area contributed by atoms with Gasteiger partial charge in [-0.2, -0.15) is 0 Å². The van der Waals surface area contributed by atoms with Crippen LogP contribution in [0, 0.1) is 0 Å². The number of carbonyl (C=O) groups excluding carboxylic acids is 2. The molecule has 6 nitrogen and oxygen atoms in total. The van der Waals surface area contributed by atoms with Crippen molar-refractivity contribution in [3.63, 3.8) is 0 Å². The first-order valence-corrected chi connectivity index (χ1v) is 6.73. The van der Waals surface area contributed by atoms with Crippen molar-refractivity contribution in [3.05, 3.63) is 59.2 Å². The summed E-state index contributed by atoms with van der Waals surface area (Å²) in [4.78, 5) is 33.5. The van der Waals surface area contributed by atoms with E-state index in [4.69, 9.17) is 14.6 Å². The Labute approximate surface area is 132 Å². The van der Waals surface area contributed by atoms with Crippen LogP contribution in [0.2, 0.25) is 0 Å². The van der Waals surface area contributed by atoms with Gasteiger partial charge in [-0.05, 0) is 18.2 Å². The van der Waals surface area contributed by atoms with Crippen LogP contribution in [0.25, 0.3) is 0 Å². The van der Waals surface area contributed by atoms with E-state index in [1.165, 1.54) is 19.1 Å². The summed E-state index contributed by atoms with van der Waals surface area (Å²) < 4.78 is 10.5. The molecule has 118 valence electrons. The maximum Gasteiger partial charge on any atom is 0.336 e. The molecule has 0 saturated heterocycles. The Morgan fingerprint density at radius 3 is 2.43 bits per heavy atom. The molecule has 0 atom stereocenters. The van der Waals surface area contributed by atoms with Crippen molar-refractivity contribution >= 4 is 18.2 Å². The minimum Gasteiger partial charge on any atom is -0.488 e. The Bertz CT molecular complexity index is 750. The second kappa shape index (κ2) is 7.22. The third-order valence-corrected chi connectivity index (χ3v) is 3.03. The lowest BCUT2D eigenvalue weighted by Gasteiger charge is -2.12. The number of rotatable bonds is 6. The molecule has 23 heavy (non-hydrogen) atoms. The molecule has 2 aromatic rings. The zero-order chi connectivity index (χ0) is 16.8. The number of esters is 1. The van der Waals surface area contributed by atoms with Crippen molar-refractivity contribution in [2.45, 2.75) is 13.5 Å². The third-order valence-electron chi connectivity index (χ3n) is 3.03. The number of carbonyl (C=O) groups is 3. The van der Waals surface area contributed by atoms with E-state index < -0.39 is 11.9 Å². The van der Waals surface area contributed by atoms with Crippen LogP contribution in [-0.2, 0) is 11.4 Å². The zero-order valence-corrected chi connectivity index (χ0v) is 12.3.